The maximum absolute atomic E-state index is 13.6. The van der Waals surface area contributed by atoms with Crippen LogP contribution >= 0.6 is 0 Å². The van der Waals surface area contributed by atoms with E-state index in [0.717, 1.165) is 18.2 Å². The molecule has 0 spiro atoms. The third kappa shape index (κ3) is 6.35. The van der Waals surface area contributed by atoms with E-state index in [2.05, 4.69) is 34.4 Å². The van der Waals surface area contributed by atoms with Crippen LogP contribution in [0.1, 0.15) is 38.8 Å². The molecular weight excluding hydrogens is 417 g/mol. The van der Waals surface area contributed by atoms with Crippen molar-refractivity contribution in [2.24, 2.45) is 5.92 Å². The van der Waals surface area contributed by atoms with Gasteiger partial charge in [-0.2, -0.15) is 18.2 Å². The number of rotatable bonds is 8. The number of aromatic nitrogens is 2. The van der Waals surface area contributed by atoms with Gasteiger partial charge in [-0.05, 0) is 62.1 Å². The molecule has 0 amide bonds. The molecule has 1 heterocycles. The lowest BCUT2D eigenvalue weighted by atomic mass is 10.0. The molecule has 3 rings (SSSR count). The summed E-state index contributed by atoms with van der Waals surface area (Å²) < 4.78 is 46.4. The van der Waals surface area contributed by atoms with Gasteiger partial charge in [-0.3, -0.25) is 0 Å². The Labute approximate surface area is 186 Å². The monoisotopic (exact) mass is 444 g/mol. The molecule has 0 aliphatic heterocycles. The quantitative estimate of drug-likeness (QED) is 0.393. The summed E-state index contributed by atoms with van der Waals surface area (Å²) in [5.41, 5.74) is 1.21. The van der Waals surface area contributed by atoms with Crippen LogP contribution in [-0.2, 0) is 12.6 Å². The summed E-state index contributed by atoms with van der Waals surface area (Å²) in [5.74, 6) is 0.804. The molecule has 0 saturated heterocycles. The van der Waals surface area contributed by atoms with Crippen LogP contribution in [0.4, 0.5) is 36.3 Å². The van der Waals surface area contributed by atoms with Gasteiger partial charge >= 0.3 is 6.18 Å². The van der Waals surface area contributed by atoms with Crippen molar-refractivity contribution in [3.05, 3.63) is 65.9 Å². The van der Waals surface area contributed by atoms with Crippen molar-refractivity contribution in [1.29, 1.82) is 0 Å². The predicted octanol–water partition coefficient (Wildman–Crippen LogP) is 6.97. The average Bonchev–Trinajstić information content (AvgIpc) is 2.69. The molecule has 0 fully saturated rings. The van der Waals surface area contributed by atoms with Crippen LogP contribution in [0.5, 0.6) is 5.75 Å². The number of alkyl halides is 3. The van der Waals surface area contributed by atoms with E-state index < -0.39 is 11.7 Å². The van der Waals surface area contributed by atoms with Crippen LogP contribution in [0.3, 0.4) is 0 Å². The van der Waals surface area contributed by atoms with Crippen LogP contribution in [-0.4, -0.2) is 16.1 Å². The average molecular weight is 445 g/mol. The molecule has 5 nitrogen and oxygen atoms in total. The number of anilines is 4. The predicted molar refractivity (Wildman–Crippen MR) is 121 cm³/mol. The van der Waals surface area contributed by atoms with Crippen molar-refractivity contribution in [3.8, 4) is 5.75 Å². The number of nitrogens with one attached hydrogen (secondary N) is 2. The Kier molecular flexibility index (Phi) is 7.22. The second-order valence-electron chi connectivity index (χ2n) is 8.15. The van der Waals surface area contributed by atoms with Crippen molar-refractivity contribution in [2.75, 3.05) is 10.6 Å². The van der Waals surface area contributed by atoms with E-state index in [0.29, 0.717) is 23.0 Å². The highest BCUT2D eigenvalue weighted by molar-refractivity contribution is 5.65. The molecule has 8 heteroatoms. The SMILES string of the molecule is CC(C)Cc1ccccc1Nc1nc(Nc2ccc(OC(C)C)cc2)ncc1C(F)(F)F. The first-order valence-electron chi connectivity index (χ1n) is 10.4. The second-order valence-corrected chi connectivity index (χ2v) is 8.15. The highest BCUT2D eigenvalue weighted by atomic mass is 19.4. The van der Waals surface area contributed by atoms with Gasteiger partial charge in [-0.25, -0.2) is 4.98 Å². The van der Waals surface area contributed by atoms with Crippen molar-refractivity contribution >= 4 is 23.1 Å². The highest BCUT2D eigenvalue weighted by Gasteiger charge is 2.35. The third-order valence-corrected chi connectivity index (χ3v) is 4.47. The summed E-state index contributed by atoms with van der Waals surface area (Å²) in [6.45, 7) is 7.97. The summed E-state index contributed by atoms with van der Waals surface area (Å²) in [6, 6.07) is 14.3. The van der Waals surface area contributed by atoms with E-state index in [1.165, 1.54) is 0 Å². The minimum atomic E-state index is -4.59. The summed E-state index contributed by atoms with van der Waals surface area (Å²) in [4.78, 5) is 8.01. The van der Waals surface area contributed by atoms with Gasteiger partial charge in [0.15, 0.2) is 0 Å². The Balaban J connectivity index is 1.89. The maximum atomic E-state index is 13.6. The van der Waals surface area contributed by atoms with Crippen molar-refractivity contribution in [2.45, 2.75) is 46.4 Å². The Morgan fingerprint density at radius 3 is 2.25 bits per heavy atom. The van der Waals surface area contributed by atoms with E-state index in [-0.39, 0.29) is 17.9 Å². The lowest BCUT2D eigenvalue weighted by Crippen LogP contribution is -2.13. The standard InChI is InChI=1S/C24H27F3N4O/c1-15(2)13-17-7-5-6-8-21(17)30-22-20(24(25,26)27)14-28-23(31-22)29-18-9-11-19(12-10-18)32-16(3)4/h5-12,14-16H,13H2,1-4H3,(H2,28,29,30,31). The van der Waals surface area contributed by atoms with E-state index >= 15 is 0 Å². The van der Waals surface area contributed by atoms with E-state index in [4.69, 9.17) is 4.74 Å². The van der Waals surface area contributed by atoms with Crippen LogP contribution < -0.4 is 15.4 Å². The number of benzene rings is 2. The smallest absolute Gasteiger partial charge is 0.421 e. The first-order valence-corrected chi connectivity index (χ1v) is 10.4. The first-order chi connectivity index (χ1) is 15.1. The number of nitrogens with zero attached hydrogens (tertiary/aromatic N) is 2. The molecule has 0 saturated carbocycles. The van der Waals surface area contributed by atoms with Gasteiger partial charge < -0.3 is 15.4 Å². The minimum absolute atomic E-state index is 0.0410. The first kappa shape index (κ1) is 23.4. The fraction of sp³-hybridized carbons (Fsp3) is 0.333. The Bertz CT molecular complexity index is 1030. The number of hydrogen-bond donors (Lipinski definition) is 2. The van der Waals surface area contributed by atoms with Crippen molar-refractivity contribution < 1.29 is 17.9 Å². The number of ether oxygens (including phenoxy) is 1. The van der Waals surface area contributed by atoms with Gasteiger partial charge in [0.25, 0.3) is 0 Å². The lowest BCUT2D eigenvalue weighted by molar-refractivity contribution is -0.137. The molecule has 2 aromatic carbocycles. The van der Waals surface area contributed by atoms with Gasteiger partial charge in [-0.15, -0.1) is 0 Å². The lowest BCUT2D eigenvalue weighted by Gasteiger charge is -2.17. The van der Waals surface area contributed by atoms with Crippen LogP contribution in [0.2, 0.25) is 0 Å². The van der Waals surface area contributed by atoms with Gasteiger partial charge in [0.1, 0.15) is 17.1 Å². The van der Waals surface area contributed by atoms with Crippen molar-refractivity contribution in [1.82, 2.24) is 9.97 Å². The third-order valence-electron chi connectivity index (χ3n) is 4.47. The van der Waals surface area contributed by atoms with Gasteiger partial charge in [0, 0.05) is 17.6 Å². The fourth-order valence-corrected chi connectivity index (χ4v) is 3.15. The number of para-hydroxylation sites is 1. The van der Waals surface area contributed by atoms with Gasteiger partial charge in [0.2, 0.25) is 5.95 Å². The zero-order chi connectivity index (χ0) is 23.3. The van der Waals surface area contributed by atoms with Crippen LogP contribution in [0.25, 0.3) is 0 Å². The molecule has 2 N–H and O–H groups in total. The highest BCUT2D eigenvalue weighted by Crippen LogP contribution is 2.36. The normalized spacial score (nSPS) is 11.7. The zero-order valence-electron chi connectivity index (χ0n) is 18.5. The topological polar surface area (TPSA) is 59.1 Å². The molecule has 0 unspecified atom stereocenters. The summed E-state index contributed by atoms with van der Waals surface area (Å²) in [6.07, 6.45) is -3.03. The summed E-state index contributed by atoms with van der Waals surface area (Å²) >= 11 is 0. The molecule has 0 atom stereocenters. The maximum Gasteiger partial charge on any atom is 0.421 e. The van der Waals surface area contributed by atoms with Crippen LogP contribution in [0.15, 0.2) is 54.7 Å². The molecule has 0 aliphatic carbocycles. The van der Waals surface area contributed by atoms with Gasteiger partial charge in [0.05, 0.1) is 6.10 Å². The minimum Gasteiger partial charge on any atom is -0.491 e. The zero-order valence-corrected chi connectivity index (χ0v) is 18.5. The molecule has 0 radical (unpaired) electrons. The molecule has 1 aromatic heterocycles. The van der Waals surface area contributed by atoms with Gasteiger partial charge in [-0.1, -0.05) is 32.0 Å². The van der Waals surface area contributed by atoms with Crippen molar-refractivity contribution in [3.63, 3.8) is 0 Å². The molecular formula is C24H27F3N4O. The van der Waals surface area contributed by atoms with E-state index in [1.54, 1.807) is 36.4 Å². The van der Waals surface area contributed by atoms with Crippen LogP contribution in [0, 0.1) is 5.92 Å². The van der Waals surface area contributed by atoms with E-state index in [1.807, 2.05) is 26.0 Å². The number of halogens is 3. The number of hydrogen-bond acceptors (Lipinski definition) is 5. The Morgan fingerprint density at radius 2 is 1.62 bits per heavy atom. The molecule has 32 heavy (non-hydrogen) atoms. The Hall–Kier alpha value is -3.29. The second kappa shape index (κ2) is 9.89. The largest absolute Gasteiger partial charge is 0.491 e. The molecule has 3 aromatic rings. The summed E-state index contributed by atoms with van der Waals surface area (Å²) in [5, 5.41) is 5.83. The molecule has 0 bridgehead atoms. The van der Waals surface area contributed by atoms with E-state index in [9.17, 15) is 13.2 Å². The molecule has 170 valence electrons. The fourth-order valence-electron chi connectivity index (χ4n) is 3.15. The Morgan fingerprint density at radius 1 is 0.938 bits per heavy atom. The summed E-state index contributed by atoms with van der Waals surface area (Å²) in [7, 11) is 0. The molecule has 0 aliphatic rings.